The van der Waals surface area contributed by atoms with Crippen molar-refractivity contribution in [2.45, 2.75) is 51.1 Å². The molecule has 1 rings (SSSR count). The van der Waals surface area contributed by atoms with Crippen LogP contribution in [-0.4, -0.2) is 21.5 Å². The average molecular weight is 377 g/mol. The van der Waals surface area contributed by atoms with Crippen LogP contribution in [-0.2, 0) is 16.6 Å². The van der Waals surface area contributed by atoms with E-state index in [4.69, 9.17) is 0 Å². The number of hydrogen-bond donors (Lipinski definition) is 2. The van der Waals surface area contributed by atoms with Crippen LogP contribution in [0.3, 0.4) is 0 Å². The van der Waals surface area contributed by atoms with Crippen LogP contribution in [0, 0.1) is 5.92 Å². The summed E-state index contributed by atoms with van der Waals surface area (Å²) >= 11 is 3.37. The smallest absolute Gasteiger partial charge is 0.241 e. The lowest BCUT2D eigenvalue weighted by molar-refractivity contribution is 0.390. The molecule has 0 aliphatic carbocycles. The Balaban J connectivity index is 2.97. The summed E-state index contributed by atoms with van der Waals surface area (Å²) < 4.78 is 28.4. The number of rotatable bonds is 8. The Hall–Kier alpha value is -0.430. The first-order chi connectivity index (χ1) is 9.85. The second-order valence-electron chi connectivity index (χ2n) is 5.28. The minimum Gasteiger partial charge on any atom is -0.316 e. The Morgan fingerprint density at radius 1 is 1.24 bits per heavy atom. The molecule has 120 valence electrons. The highest BCUT2D eigenvalue weighted by atomic mass is 79.9. The number of hydrogen-bond acceptors (Lipinski definition) is 3. The van der Waals surface area contributed by atoms with Crippen molar-refractivity contribution >= 4 is 26.0 Å². The zero-order chi connectivity index (χ0) is 16.0. The predicted molar refractivity (Wildman–Crippen MR) is 90.8 cm³/mol. The molecular weight excluding hydrogens is 352 g/mol. The van der Waals surface area contributed by atoms with Crippen LogP contribution in [0.15, 0.2) is 27.6 Å². The van der Waals surface area contributed by atoms with Gasteiger partial charge < -0.3 is 5.32 Å². The summed E-state index contributed by atoms with van der Waals surface area (Å²) in [6.07, 6.45) is 1.92. The van der Waals surface area contributed by atoms with Crippen molar-refractivity contribution < 1.29 is 8.42 Å². The lowest BCUT2D eigenvalue weighted by atomic mass is 9.96. The Morgan fingerprint density at radius 3 is 2.33 bits per heavy atom. The number of halogens is 1. The van der Waals surface area contributed by atoms with Crippen LogP contribution in [0.5, 0.6) is 0 Å². The molecule has 0 spiro atoms. The van der Waals surface area contributed by atoms with Crippen LogP contribution < -0.4 is 10.0 Å². The van der Waals surface area contributed by atoms with Crippen molar-refractivity contribution in [3.8, 4) is 0 Å². The molecule has 0 aliphatic rings. The molecule has 6 heteroatoms. The van der Waals surface area contributed by atoms with Crippen molar-refractivity contribution in [2.75, 3.05) is 7.05 Å². The molecule has 21 heavy (non-hydrogen) atoms. The van der Waals surface area contributed by atoms with E-state index in [2.05, 4.69) is 39.8 Å². The van der Waals surface area contributed by atoms with Gasteiger partial charge in [-0.1, -0.05) is 32.8 Å². The van der Waals surface area contributed by atoms with E-state index in [9.17, 15) is 8.42 Å². The first-order valence-corrected chi connectivity index (χ1v) is 9.58. The fourth-order valence-corrected chi connectivity index (χ4v) is 4.91. The Morgan fingerprint density at radius 2 is 1.86 bits per heavy atom. The van der Waals surface area contributed by atoms with Gasteiger partial charge in [0.2, 0.25) is 10.0 Å². The summed E-state index contributed by atoms with van der Waals surface area (Å²) in [5.41, 5.74) is 1.04. The van der Waals surface area contributed by atoms with Gasteiger partial charge in [-0.05, 0) is 53.5 Å². The zero-order valence-corrected chi connectivity index (χ0v) is 15.5. The fraction of sp³-hybridized carbons (Fsp3) is 0.600. The molecular formula is C15H25BrN2O2S. The van der Waals surface area contributed by atoms with Gasteiger partial charge >= 0.3 is 0 Å². The van der Waals surface area contributed by atoms with E-state index in [1.165, 1.54) is 0 Å². The lowest BCUT2D eigenvalue weighted by Crippen LogP contribution is -2.37. The number of nitrogens with one attached hydrogen (secondary N) is 2. The summed E-state index contributed by atoms with van der Waals surface area (Å²) in [6, 6.07) is 5.25. The lowest BCUT2D eigenvalue weighted by Gasteiger charge is -2.22. The first-order valence-electron chi connectivity index (χ1n) is 7.31. The zero-order valence-electron chi connectivity index (χ0n) is 13.1. The third-order valence-electron chi connectivity index (χ3n) is 3.76. The molecule has 1 aromatic rings. The number of benzene rings is 1. The predicted octanol–water partition coefficient (Wildman–Crippen LogP) is 3.27. The standard InChI is InChI=1S/C15H25BrN2O2S/c1-5-13(6-2)11(3)18-21(19,20)15-8-7-12(10-17-4)9-14(15)16/h7-9,11,13,17-18H,5-6,10H2,1-4H3. The summed E-state index contributed by atoms with van der Waals surface area (Å²) in [4.78, 5) is 0.292. The third kappa shape index (κ3) is 5.06. The maximum atomic E-state index is 12.5. The maximum Gasteiger partial charge on any atom is 0.241 e. The highest BCUT2D eigenvalue weighted by Gasteiger charge is 2.23. The maximum absolute atomic E-state index is 12.5. The monoisotopic (exact) mass is 376 g/mol. The van der Waals surface area contributed by atoms with Gasteiger partial charge in [-0.2, -0.15) is 0 Å². The second kappa shape index (κ2) is 8.27. The first kappa shape index (κ1) is 18.6. The largest absolute Gasteiger partial charge is 0.316 e. The summed E-state index contributed by atoms with van der Waals surface area (Å²) in [7, 11) is -1.65. The van der Waals surface area contributed by atoms with Gasteiger partial charge in [0.15, 0.2) is 0 Å². The molecule has 1 atom stereocenters. The SMILES string of the molecule is CCC(CC)C(C)NS(=O)(=O)c1ccc(CNC)cc1Br. The van der Waals surface area contributed by atoms with Crippen molar-refractivity contribution in [1.29, 1.82) is 0 Å². The third-order valence-corrected chi connectivity index (χ3v) is 6.30. The van der Waals surface area contributed by atoms with Gasteiger partial charge in [-0.15, -0.1) is 0 Å². The van der Waals surface area contributed by atoms with Crippen molar-refractivity contribution in [3.05, 3.63) is 28.2 Å². The average Bonchev–Trinajstić information content (AvgIpc) is 2.39. The molecule has 4 nitrogen and oxygen atoms in total. The van der Waals surface area contributed by atoms with E-state index in [1.54, 1.807) is 6.07 Å². The van der Waals surface area contributed by atoms with Crippen molar-refractivity contribution in [3.63, 3.8) is 0 Å². The van der Waals surface area contributed by atoms with Gasteiger partial charge in [-0.25, -0.2) is 13.1 Å². The van der Waals surface area contributed by atoms with Gasteiger partial charge in [-0.3, -0.25) is 0 Å². The van der Waals surface area contributed by atoms with Crippen LogP contribution in [0.2, 0.25) is 0 Å². The summed E-state index contributed by atoms with van der Waals surface area (Å²) in [5, 5.41) is 3.05. The van der Waals surface area contributed by atoms with E-state index in [1.807, 2.05) is 26.1 Å². The van der Waals surface area contributed by atoms with Crippen molar-refractivity contribution in [2.24, 2.45) is 5.92 Å². The molecule has 0 aromatic heterocycles. The Bertz CT molecular complexity index is 557. The quantitative estimate of drug-likeness (QED) is 0.731. The van der Waals surface area contributed by atoms with E-state index < -0.39 is 10.0 Å². The van der Waals surface area contributed by atoms with Crippen LogP contribution in [0.1, 0.15) is 39.2 Å². The minimum absolute atomic E-state index is 0.0751. The van der Waals surface area contributed by atoms with Crippen molar-refractivity contribution in [1.82, 2.24) is 10.0 Å². The molecule has 1 unspecified atom stereocenters. The molecule has 2 N–H and O–H groups in total. The Labute approximate surface area is 136 Å². The molecule has 0 fully saturated rings. The highest BCUT2D eigenvalue weighted by Crippen LogP contribution is 2.24. The van der Waals surface area contributed by atoms with E-state index in [0.29, 0.717) is 21.8 Å². The topological polar surface area (TPSA) is 58.2 Å². The van der Waals surface area contributed by atoms with Crippen LogP contribution >= 0.6 is 15.9 Å². The van der Waals surface area contributed by atoms with Crippen LogP contribution in [0.25, 0.3) is 0 Å². The molecule has 0 amide bonds. The summed E-state index contributed by atoms with van der Waals surface area (Å²) in [5.74, 6) is 0.349. The van der Waals surface area contributed by atoms with Gasteiger partial charge in [0, 0.05) is 17.1 Å². The molecule has 0 saturated heterocycles. The molecule has 0 aliphatic heterocycles. The molecule has 1 aromatic carbocycles. The van der Waals surface area contributed by atoms with E-state index in [0.717, 1.165) is 18.4 Å². The van der Waals surface area contributed by atoms with E-state index in [-0.39, 0.29) is 6.04 Å². The van der Waals surface area contributed by atoms with Gasteiger partial charge in [0.1, 0.15) is 0 Å². The number of sulfonamides is 1. The highest BCUT2D eigenvalue weighted by molar-refractivity contribution is 9.10. The van der Waals surface area contributed by atoms with E-state index >= 15 is 0 Å². The van der Waals surface area contributed by atoms with Crippen LogP contribution in [0.4, 0.5) is 0 Å². The Kier molecular flexibility index (Phi) is 7.33. The molecule has 0 bridgehead atoms. The molecule has 0 heterocycles. The minimum atomic E-state index is -3.50. The fourth-order valence-electron chi connectivity index (χ4n) is 2.48. The summed E-state index contributed by atoms with van der Waals surface area (Å²) in [6.45, 7) is 6.80. The molecule has 0 saturated carbocycles. The van der Waals surface area contributed by atoms with Gasteiger partial charge in [0.05, 0.1) is 4.90 Å². The van der Waals surface area contributed by atoms with Gasteiger partial charge in [0.25, 0.3) is 0 Å². The molecule has 0 radical (unpaired) electrons. The second-order valence-corrected chi connectivity index (χ2v) is 7.82. The normalized spacial score (nSPS) is 13.6.